The predicted molar refractivity (Wildman–Crippen MR) is 118 cm³/mol. The van der Waals surface area contributed by atoms with Crippen LogP contribution in [0.15, 0.2) is 78.9 Å². The summed E-state index contributed by atoms with van der Waals surface area (Å²) in [5.74, 6) is 0. The van der Waals surface area contributed by atoms with Gasteiger partial charge in [0.2, 0.25) is 0 Å². The first-order chi connectivity index (χ1) is 13.0. The molecule has 4 rings (SSSR count). The molecule has 27 heavy (non-hydrogen) atoms. The normalized spacial score (nSPS) is 11.0. The second-order valence-corrected chi connectivity index (χ2v) is 7.37. The molecule has 1 heteroatoms. The van der Waals surface area contributed by atoms with E-state index in [1.54, 1.807) is 0 Å². The van der Waals surface area contributed by atoms with Crippen LogP contribution < -0.4 is 4.90 Å². The number of fused-ring (bicyclic) bond motifs is 1. The SMILES string of the molecule is Cc1ccc(N(c2ccc(C)c(C)c2)c2cccc3ccccc23)cc1C. The summed E-state index contributed by atoms with van der Waals surface area (Å²) in [5, 5.41) is 2.52. The third-order valence-corrected chi connectivity index (χ3v) is 5.50. The molecule has 0 N–H and O–H groups in total. The van der Waals surface area contributed by atoms with Crippen LogP contribution in [-0.2, 0) is 0 Å². The molecule has 0 aliphatic heterocycles. The maximum atomic E-state index is 2.38. The van der Waals surface area contributed by atoms with Crippen LogP contribution in [-0.4, -0.2) is 0 Å². The van der Waals surface area contributed by atoms with Crippen molar-refractivity contribution >= 4 is 27.8 Å². The summed E-state index contributed by atoms with van der Waals surface area (Å²) in [5.41, 5.74) is 8.84. The van der Waals surface area contributed by atoms with E-state index in [4.69, 9.17) is 0 Å². The summed E-state index contributed by atoms with van der Waals surface area (Å²) >= 11 is 0. The molecule has 4 aromatic rings. The fourth-order valence-electron chi connectivity index (χ4n) is 3.56. The zero-order valence-electron chi connectivity index (χ0n) is 16.5. The van der Waals surface area contributed by atoms with Crippen molar-refractivity contribution in [1.82, 2.24) is 0 Å². The van der Waals surface area contributed by atoms with Gasteiger partial charge in [0.25, 0.3) is 0 Å². The fourth-order valence-corrected chi connectivity index (χ4v) is 3.56. The van der Waals surface area contributed by atoms with Crippen LogP contribution in [0.3, 0.4) is 0 Å². The van der Waals surface area contributed by atoms with E-state index >= 15 is 0 Å². The highest BCUT2D eigenvalue weighted by atomic mass is 15.1. The molecule has 0 fully saturated rings. The van der Waals surface area contributed by atoms with Crippen LogP contribution in [0.2, 0.25) is 0 Å². The van der Waals surface area contributed by atoms with Crippen molar-refractivity contribution in [1.29, 1.82) is 0 Å². The Morgan fingerprint density at radius 3 is 1.67 bits per heavy atom. The van der Waals surface area contributed by atoms with Crippen molar-refractivity contribution in [3.63, 3.8) is 0 Å². The molecule has 4 aromatic carbocycles. The minimum atomic E-state index is 1.19. The fraction of sp³-hybridized carbons (Fsp3) is 0.154. The molecule has 0 spiro atoms. The average molecular weight is 351 g/mol. The van der Waals surface area contributed by atoms with E-state index in [1.165, 1.54) is 50.1 Å². The summed E-state index contributed by atoms with van der Waals surface area (Å²) in [6, 6.07) is 28.6. The number of nitrogens with zero attached hydrogens (tertiary/aromatic N) is 1. The molecule has 0 unspecified atom stereocenters. The van der Waals surface area contributed by atoms with Gasteiger partial charge in [-0.25, -0.2) is 0 Å². The number of benzene rings is 4. The summed E-state index contributed by atoms with van der Waals surface area (Å²) in [4.78, 5) is 2.38. The Balaban J connectivity index is 2.00. The third-order valence-electron chi connectivity index (χ3n) is 5.50. The maximum Gasteiger partial charge on any atom is 0.0540 e. The molecule has 1 nitrogen and oxygen atoms in total. The van der Waals surface area contributed by atoms with Gasteiger partial charge in [-0.15, -0.1) is 0 Å². The van der Waals surface area contributed by atoms with E-state index in [2.05, 4.69) is 111 Å². The van der Waals surface area contributed by atoms with E-state index < -0.39 is 0 Å². The van der Waals surface area contributed by atoms with Gasteiger partial charge in [-0.1, -0.05) is 48.5 Å². The molecule has 0 atom stereocenters. The highest BCUT2D eigenvalue weighted by Crippen LogP contribution is 2.39. The van der Waals surface area contributed by atoms with Gasteiger partial charge in [-0.05, 0) is 85.7 Å². The van der Waals surface area contributed by atoms with E-state index in [9.17, 15) is 0 Å². The van der Waals surface area contributed by atoms with Gasteiger partial charge in [-0.3, -0.25) is 0 Å². The standard InChI is InChI=1S/C26H25N/c1-18-12-14-23(16-20(18)3)27(24-15-13-19(2)21(4)17-24)26-11-7-9-22-8-5-6-10-25(22)26/h5-17H,1-4H3. The maximum absolute atomic E-state index is 2.38. The largest absolute Gasteiger partial charge is 0.310 e. The Morgan fingerprint density at radius 2 is 1.07 bits per heavy atom. The lowest BCUT2D eigenvalue weighted by Crippen LogP contribution is -2.11. The molecule has 0 radical (unpaired) electrons. The van der Waals surface area contributed by atoms with Gasteiger partial charge in [0.15, 0.2) is 0 Å². The quantitative estimate of drug-likeness (QED) is 0.368. The first kappa shape index (κ1) is 17.4. The lowest BCUT2D eigenvalue weighted by molar-refractivity contribution is 1.24. The zero-order valence-corrected chi connectivity index (χ0v) is 16.5. The monoisotopic (exact) mass is 351 g/mol. The van der Waals surface area contributed by atoms with E-state index in [0.29, 0.717) is 0 Å². The Labute approximate surface area is 161 Å². The summed E-state index contributed by atoms with van der Waals surface area (Å²) < 4.78 is 0. The molecule has 0 aromatic heterocycles. The molecule has 134 valence electrons. The highest BCUT2D eigenvalue weighted by Gasteiger charge is 2.16. The van der Waals surface area contributed by atoms with Crippen molar-refractivity contribution in [3.05, 3.63) is 101 Å². The summed E-state index contributed by atoms with van der Waals surface area (Å²) in [6.07, 6.45) is 0. The molecule has 0 saturated heterocycles. The van der Waals surface area contributed by atoms with Crippen molar-refractivity contribution in [3.8, 4) is 0 Å². The minimum absolute atomic E-state index is 1.19. The highest BCUT2D eigenvalue weighted by molar-refractivity contribution is 5.98. The van der Waals surface area contributed by atoms with Gasteiger partial charge in [0.1, 0.15) is 0 Å². The van der Waals surface area contributed by atoms with Crippen molar-refractivity contribution in [2.24, 2.45) is 0 Å². The third kappa shape index (κ3) is 3.21. The first-order valence-electron chi connectivity index (χ1n) is 9.47. The first-order valence-corrected chi connectivity index (χ1v) is 9.47. The molecular weight excluding hydrogens is 326 g/mol. The number of hydrogen-bond acceptors (Lipinski definition) is 1. The molecule has 0 aliphatic rings. The van der Waals surface area contributed by atoms with Crippen LogP contribution in [0.1, 0.15) is 22.3 Å². The number of aryl methyl sites for hydroxylation is 4. The summed E-state index contributed by atoms with van der Waals surface area (Å²) in [7, 11) is 0. The number of hydrogen-bond donors (Lipinski definition) is 0. The summed E-state index contributed by atoms with van der Waals surface area (Å²) in [6.45, 7) is 8.69. The van der Waals surface area contributed by atoms with Gasteiger partial charge >= 0.3 is 0 Å². The zero-order chi connectivity index (χ0) is 19.0. The second kappa shape index (κ2) is 6.92. The van der Waals surface area contributed by atoms with Gasteiger partial charge < -0.3 is 4.90 Å². The van der Waals surface area contributed by atoms with Crippen LogP contribution in [0, 0.1) is 27.7 Å². The lowest BCUT2D eigenvalue weighted by atomic mass is 10.0. The van der Waals surface area contributed by atoms with Crippen molar-refractivity contribution in [2.45, 2.75) is 27.7 Å². The second-order valence-electron chi connectivity index (χ2n) is 7.37. The van der Waals surface area contributed by atoms with Crippen LogP contribution >= 0.6 is 0 Å². The van der Waals surface area contributed by atoms with Crippen LogP contribution in [0.5, 0.6) is 0 Å². The average Bonchev–Trinajstić information content (AvgIpc) is 2.68. The Bertz CT molecular complexity index is 1070. The van der Waals surface area contributed by atoms with E-state index in [1.807, 2.05) is 0 Å². The van der Waals surface area contributed by atoms with Crippen molar-refractivity contribution in [2.75, 3.05) is 4.90 Å². The predicted octanol–water partition coefficient (Wildman–Crippen LogP) is 7.54. The van der Waals surface area contributed by atoms with Gasteiger partial charge in [-0.2, -0.15) is 0 Å². The molecular formula is C26H25N. The Hall–Kier alpha value is -3.06. The van der Waals surface area contributed by atoms with Crippen molar-refractivity contribution < 1.29 is 0 Å². The van der Waals surface area contributed by atoms with Crippen LogP contribution in [0.4, 0.5) is 17.1 Å². The van der Waals surface area contributed by atoms with Gasteiger partial charge in [0.05, 0.1) is 5.69 Å². The number of anilines is 3. The topological polar surface area (TPSA) is 3.24 Å². The molecule has 0 aliphatic carbocycles. The smallest absolute Gasteiger partial charge is 0.0540 e. The Kier molecular flexibility index (Phi) is 4.45. The van der Waals surface area contributed by atoms with Crippen LogP contribution in [0.25, 0.3) is 10.8 Å². The van der Waals surface area contributed by atoms with E-state index in [-0.39, 0.29) is 0 Å². The van der Waals surface area contributed by atoms with Gasteiger partial charge in [0, 0.05) is 16.8 Å². The van der Waals surface area contributed by atoms with E-state index in [0.717, 1.165) is 0 Å². The number of rotatable bonds is 3. The molecule has 0 heterocycles. The molecule has 0 bridgehead atoms. The molecule has 0 saturated carbocycles. The Morgan fingerprint density at radius 1 is 0.519 bits per heavy atom. The lowest BCUT2D eigenvalue weighted by Gasteiger charge is -2.28. The minimum Gasteiger partial charge on any atom is -0.310 e. The molecule has 0 amide bonds.